The van der Waals surface area contributed by atoms with Crippen LogP contribution in [0.15, 0.2) is 77.6 Å². The molecule has 5 nitrogen and oxygen atoms in total. The molecule has 0 bridgehead atoms. The van der Waals surface area contributed by atoms with Crippen LogP contribution in [0.1, 0.15) is 5.56 Å². The molecule has 4 rings (SSSR count). The lowest BCUT2D eigenvalue weighted by Crippen LogP contribution is -2.33. The predicted octanol–water partition coefficient (Wildman–Crippen LogP) is 3.66. The van der Waals surface area contributed by atoms with Gasteiger partial charge in [-0.25, -0.2) is 13.5 Å². The Morgan fingerprint density at radius 2 is 1.63 bits per heavy atom. The number of benzene rings is 3. The zero-order chi connectivity index (χ0) is 21.1. The van der Waals surface area contributed by atoms with Gasteiger partial charge in [-0.05, 0) is 35.0 Å². The van der Waals surface area contributed by atoms with Gasteiger partial charge in [0.15, 0.2) is 0 Å². The Morgan fingerprint density at radius 3 is 2.40 bits per heavy atom. The fourth-order valence-corrected chi connectivity index (χ4v) is 3.14. The van der Waals surface area contributed by atoms with Crippen LogP contribution in [0.5, 0.6) is 0 Å². The van der Waals surface area contributed by atoms with Crippen molar-refractivity contribution in [3.05, 3.63) is 100 Å². The number of hydrogen-bond donors (Lipinski definition) is 1. The Labute approximate surface area is 170 Å². The Bertz CT molecular complexity index is 1280. The maximum atomic E-state index is 13.7. The number of carbonyl (C=O) groups excluding carboxylic acids is 1. The second-order valence-corrected chi connectivity index (χ2v) is 6.75. The van der Waals surface area contributed by atoms with E-state index in [1.54, 1.807) is 6.07 Å². The van der Waals surface area contributed by atoms with E-state index < -0.39 is 23.1 Å². The summed E-state index contributed by atoms with van der Waals surface area (Å²) in [6, 6.07) is 20.1. The molecule has 150 valence electrons. The third-order valence-electron chi connectivity index (χ3n) is 4.73. The summed E-state index contributed by atoms with van der Waals surface area (Å²) in [5.74, 6) is -2.07. The van der Waals surface area contributed by atoms with E-state index in [1.807, 2.05) is 42.5 Å². The van der Waals surface area contributed by atoms with E-state index in [9.17, 15) is 18.4 Å². The monoisotopic (exact) mass is 405 g/mol. The molecule has 0 spiro atoms. The number of halogens is 2. The molecule has 0 unspecified atom stereocenters. The van der Waals surface area contributed by atoms with Gasteiger partial charge >= 0.3 is 0 Å². The van der Waals surface area contributed by atoms with Crippen molar-refractivity contribution in [1.29, 1.82) is 0 Å². The van der Waals surface area contributed by atoms with Crippen LogP contribution in [0.25, 0.3) is 22.0 Å². The van der Waals surface area contributed by atoms with Gasteiger partial charge in [0, 0.05) is 23.7 Å². The molecule has 1 N–H and O–H groups in total. The van der Waals surface area contributed by atoms with Crippen LogP contribution < -0.4 is 10.9 Å². The van der Waals surface area contributed by atoms with Crippen LogP contribution in [-0.4, -0.2) is 15.7 Å². The number of amides is 1. The first-order chi connectivity index (χ1) is 14.5. The summed E-state index contributed by atoms with van der Waals surface area (Å²) in [4.78, 5) is 24.4. The highest BCUT2D eigenvalue weighted by Crippen LogP contribution is 2.22. The van der Waals surface area contributed by atoms with Gasteiger partial charge in [-0.15, -0.1) is 0 Å². The summed E-state index contributed by atoms with van der Waals surface area (Å²) in [6.07, 6.45) is 0. The first-order valence-electron chi connectivity index (χ1n) is 9.28. The minimum absolute atomic E-state index is 0.240. The fraction of sp³-hybridized carbons (Fsp3) is 0.0870. The van der Waals surface area contributed by atoms with Crippen LogP contribution in [0.2, 0.25) is 0 Å². The van der Waals surface area contributed by atoms with Gasteiger partial charge in [-0.2, -0.15) is 5.10 Å². The maximum Gasteiger partial charge on any atom is 0.267 e. The third kappa shape index (κ3) is 4.10. The van der Waals surface area contributed by atoms with Gasteiger partial charge in [0.05, 0.1) is 5.69 Å². The van der Waals surface area contributed by atoms with Crippen molar-refractivity contribution >= 4 is 16.7 Å². The molecule has 0 atom stereocenters. The number of rotatable bonds is 5. The van der Waals surface area contributed by atoms with E-state index in [2.05, 4.69) is 10.4 Å². The van der Waals surface area contributed by atoms with Crippen LogP contribution in [0.3, 0.4) is 0 Å². The molecule has 1 aromatic heterocycles. The number of aromatic nitrogens is 2. The smallest absolute Gasteiger partial charge is 0.267 e. The molecule has 0 fully saturated rings. The normalized spacial score (nSPS) is 10.9. The van der Waals surface area contributed by atoms with Gasteiger partial charge in [0.25, 0.3) is 5.56 Å². The Kier molecular flexibility index (Phi) is 5.34. The van der Waals surface area contributed by atoms with E-state index in [1.165, 1.54) is 12.1 Å². The standard InChI is InChI=1S/C23H17F2N3O2/c24-19-6-3-7-20(25)18(19)13-26-22(29)14-28-23(30)11-10-21(27-28)17-9-8-15-4-1-2-5-16(15)12-17/h1-12H,13-14H2,(H,26,29). The lowest BCUT2D eigenvalue weighted by Gasteiger charge is -2.10. The van der Waals surface area contributed by atoms with Gasteiger partial charge in [0.1, 0.15) is 18.2 Å². The Hall–Kier alpha value is -3.87. The van der Waals surface area contributed by atoms with Crippen molar-refractivity contribution in [2.75, 3.05) is 0 Å². The number of nitrogens with one attached hydrogen (secondary N) is 1. The Morgan fingerprint density at radius 1 is 0.900 bits per heavy atom. The molecule has 0 aliphatic heterocycles. The molecular weight excluding hydrogens is 388 g/mol. The van der Waals surface area contributed by atoms with Crippen molar-refractivity contribution in [2.24, 2.45) is 0 Å². The topological polar surface area (TPSA) is 64.0 Å². The first kappa shape index (κ1) is 19.4. The van der Waals surface area contributed by atoms with Crippen LogP contribution in [0.4, 0.5) is 8.78 Å². The predicted molar refractivity (Wildman–Crippen MR) is 110 cm³/mol. The van der Waals surface area contributed by atoms with E-state index in [0.29, 0.717) is 5.69 Å². The zero-order valence-electron chi connectivity index (χ0n) is 15.8. The summed E-state index contributed by atoms with van der Waals surface area (Å²) in [5, 5.41) is 8.80. The molecule has 7 heteroatoms. The molecule has 0 saturated carbocycles. The fourth-order valence-electron chi connectivity index (χ4n) is 3.14. The number of carbonyl (C=O) groups is 1. The molecule has 0 aliphatic rings. The van der Waals surface area contributed by atoms with Crippen LogP contribution in [0, 0.1) is 11.6 Å². The van der Waals surface area contributed by atoms with Crippen LogP contribution >= 0.6 is 0 Å². The van der Waals surface area contributed by atoms with Gasteiger partial charge in [-0.3, -0.25) is 9.59 Å². The minimum Gasteiger partial charge on any atom is -0.350 e. The summed E-state index contributed by atoms with van der Waals surface area (Å²) in [5.41, 5.74) is 0.646. The molecule has 0 radical (unpaired) electrons. The van der Waals surface area contributed by atoms with E-state index in [0.717, 1.165) is 33.2 Å². The van der Waals surface area contributed by atoms with Crippen molar-refractivity contribution < 1.29 is 13.6 Å². The van der Waals surface area contributed by atoms with E-state index in [-0.39, 0.29) is 18.7 Å². The average Bonchev–Trinajstić information content (AvgIpc) is 2.74. The molecule has 1 heterocycles. The largest absolute Gasteiger partial charge is 0.350 e. The summed E-state index contributed by atoms with van der Waals surface area (Å²) in [7, 11) is 0. The molecule has 0 saturated heterocycles. The summed E-state index contributed by atoms with van der Waals surface area (Å²) >= 11 is 0. The van der Waals surface area contributed by atoms with E-state index in [4.69, 9.17) is 0 Å². The van der Waals surface area contributed by atoms with E-state index >= 15 is 0 Å². The second-order valence-electron chi connectivity index (χ2n) is 6.75. The highest BCUT2D eigenvalue weighted by molar-refractivity contribution is 5.86. The quantitative estimate of drug-likeness (QED) is 0.551. The molecule has 1 amide bonds. The number of fused-ring (bicyclic) bond motifs is 1. The van der Waals surface area contributed by atoms with Gasteiger partial charge < -0.3 is 5.32 Å². The molecule has 30 heavy (non-hydrogen) atoms. The minimum atomic E-state index is -0.746. The summed E-state index contributed by atoms with van der Waals surface area (Å²) < 4.78 is 28.4. The second kappa shape index (κ2) is 8.24. The van der Waals surface area contributed by atoms with Gasteiger partial charge in [0.2, 0.25) is 5.91 Å². The average molecular weight is 405 g/mol. The highest BCUT2D eigenvalue weighted by Gasteiger charge is 2.12. The Balaban J connectivity index is 1.53. The number of hydrogen-bond acceptors (Lipinski definition) is 3. The highest BCUT2D eigenvalue weighted by atomic mass is 19.1. The van der Waals surface area contributed by atoms with Crippen molar-refractivity contribution in [3.8, 4) is 11.3 Å². The van der Waals surface area contributed by atoms with Gasteiger partial charge in [-0.1, -0.05) is 42.5 Å². The lowest BCUT2D eigenvalue weighted by atomic mass is 10.1. The van der Waals surface area contributed by atoms with Crippen molar-refractivity contribution in [3.63, 3.8) is 0 Å². The maximum absolute atomic E-state index is 13.7. The zero-order valence-corrected chi connectivity index (χ0v) is 15.8. The van der Waals surface area contributed by atoms with Crippen molar-refractivity contribution in [2.45, 2.75) is 13.1 Å². The van der Waals surface area contributed by atoms with Crippen LogP contribution in [-0.2, 0) is 17.9 Å². The molecule has 0 aliphatic carbocycles. The molecule has 3 aromatic carbocycles. The lowest BCUT2D eigenvalue weighted by molar-refractivity contribution is -0.122. The molecule has 4 aromatic rings. The van der Waals surface area contributed by atoms with Crippen molar-refractivity contribution in [1.82, 2.24) is 15.1 Å². The number of nitrogens with zero attached hydrogens (tertiary/aromatic N) is 2. The first-order valence-corrected chi connectivity index (χ1v) is 9.28. The molecular formula is C23H17F2N3O2. The SMILES string of the molecule is O=C(Cn1nc(-c2ccc3ccccc3c2)ccc1=O)NCc1c(F)cccc1F. The summed E-state index contributed by atoms with van der Waals surface area (Å²) in [6.45, 7) is -0.688. The third-order valence-corrected chi connectivity index (χ3v) is 4.73.